The number of nitrogens with zero attached hydrogens (tertiary/aromatic N) is 2. The van der Waals surface area contributed by atoms with E-state index in [4.69, 9.17) is 21.4 Å². The molecule has 1 heterocycles. The molecule has 2 aromatic carbocycles. The number of carbonyl (C=O) groups is 2. The number of halogens is 2. The zero-order valence-electron chi connectivity index (χ0n) is 18.7. The van der Waals surface area contributed by atoms with Gasteiger partial charge in [-0.05, 0) is 49.7 Å². The van der Waals surface area contributed by atoms with Gasteiger partial charge >= 0.3 is 5.97 Å². The summed E-state index contributed by atoms with van der Waals surface area (Å²) in [6.45, 7) is 5.91. The highest BCUT2D eigenvalue weighted by Crippen LogP contribution is 2.25. The number of carbonyl (C=O) groups excluding carboxylic acids is 1. The van der Waals surface area contributed by atoms with Crippen LogP contribution < -0.4 is 4.74 Å². The molecule has 1 aliphatic heterocycles. The molecule has 2 atom stereocenters. The van der Waals surface area contributed by atoms with Crippen molar-refractivity contribution < 1.29 is 23.8 Å². The van der Waals surface area contributed by atoms with Gasteiger partial charge in [0.1, 0.15) is 11.6 Å². The van der Waals surface area contributed by atoms with Crippen molar-refractivity contribution in [2.24, 2.45) is 0 Å². The fourth-order valence-electron chi connectivity index (χ4n) is 3.88. The van der Waals surface area contributed by atoms with E-state index >= 15 is 0 Å². The molecule has 0 radical (unpaired) electrons. The first-order chi connectivity index (χ1) is 15.7. The minimum absolute atomic E-state index is 0.00195. The number of carboxylic acids is 1. The van der Waals surface area contributed by atoms with Gasteiger partial charge in [-0.3, -0.25) is 14.5 Å². The zero-order chi connectivity index (χ0) is 24.0. The molecule has 8 heteroatoms. The predicted octanol–water partition coefficient (Wildman–Crippen LogP) is 4.47. The number of aliphatic carboxylic acids is 1. The topological polar surface area (TPSA) is 70.1 Å². The van der Waals surface area contributed by atoms with Crippen LogP contribution >= 0.6 is 11.6 Å². The van der Waals surface area contributed by atoms with Crippen LogP contribution in [-0.2, 0) is 16.1 Å². The van der Waals surface area contributed by atoms with E-state index in [1.807, 2.05) is 11.8 Å². The van der Waals surface area contributed by atoms with E-state index in [-0.39, 0.29) is 36.8 Å². The smallest absolute Gasteiger partial charge is 0.307 e. The third-order valence-electron chi connectivity index (χ3n) is 5.65. The van der Waals surface area contributed by atoms with Gasteiger partial charge in [0.2, 0.25) is 0 Å². The minimum Gasteiger partial charge on any atom is -0.483 e. The average Bonchev–Trinajstić information content (AvgIpc) is 2.76. The second kappa shape index (κ2) is 11.3. The van der Waals surface area contributed by atoms with Crippen LogP contribution in [0.25, 0.3) is 6.08 Å². The molecule has 2 aromatic rings. The lowest BCUT2D eigenvalue weighted by atomic mass is 10.1. The average molecular weight is 475 g/mol. The number of piperazine rings is 1. The Morgan fingerprint density at radius 1 is 1.15 bits per heavy atom. The van der Waals surface area contributed by atoms with Crippen LogP contribution in [0, 0.1) is 5.82 Å². The van der Waals surface area contributed by atoms with Gasteiger partial charge in [0.25, 0.3) is 5.91 Å². The molecule has 0 saturated carbocycles. The first-order valence-electron chi connectivity index (χ1n) is 10.8. The second-order valence-electron chi connectivity index (χ2n) is 8.27. The summed E-state index contributed by atoms with van der Waals surface area (Å²) < 4.78 is 19.0. The molecule has 33 heavy (non-hydrogen) atoms. The van der Waals surface area contributed by atoms with E-state index in [1.54, 1.807) is 36.4 Å². The van der Waals surface area contributed by atoms with Gasteiger partial charge in [0.05, 0.1) is 6.42 Å². The van der Waals surface area contributed by atoms with Gasteiger partial charge < -0.3 is 14.7 Å². The van der Waals surface area contributed by atoms with Gasteiger partial charge in [-0.15, -0.1) is 0 Å². The number of carboxylic acid groups (broad SMARTS) is 1. The summed E-state index contributed by atoms with van der Waals surface area (Å²) in [7, 11) is 0. The Morgan fingerprint density at radius 3 is 2.58 bits per heavy atom. The van der Waals surface area contributed by atoms with Crippen molar-refractivity contribution in [1.82, 2.24) is 9.80 Å². The lowest BCUT2D eigenvalue weighted by Crippen LogP contribution is -2.58. The van der Waals surface area contributed by atoms with Crippen molar-refractivity contribution in [1.29, 1.82) is 0 Å². The molecule has 1 saturated heterocycles. The van der Waals surface area contributed by atoms with Crippen molar-refractivity contribution in [3.8, 4) is 5.75 Å². The zero-order valence-corrected chi connectivity index (χ0v) is 19.5. The molecule has 0 aliphatic carbocycles. The number of ether oxygens (including phenoxy) is 1. The summed E-state index contributed by atoms with van der Waals surface area (Å²) in [5.41, 5.74) is 1.65. The first-order valence-corrected chi connectivity index (χ1v) is 11.2. The molecule has 3 rings (SSSR count). The lowest BCUT2D eigenvalue weighted by Gasteiger charge is -2.44. The largest absolute Gasteiger partial charge is 0.483 e. The van der Waals surface area contributed by atoms with Gasteiger partial charge in [-0.1, -0.05) is 35.9 Å². The molecule has 0 unspecified atom stereocenters. The van der Waals surface area contributed by atoms with E-state index in [0.29, 0.717) is 36.0 Å². The standard InChI is InChI=1S/C25H28ClFN2O4/c1-17-14-29(18(2)13-28(17)15-19-6-9-22(27)10-7-19)24(30)16-33-23-11-8-21(26)12-20(23)4-3-5-25(31)32/h3-4,6-12,17-18H,5,13-16H2,1-2H3,(H,31,32)/t17-,18+/m0/s1. The Morgan fingerprint density at radius 2 is 1.88 bits per heavy atom. The first kappa shape index (κ1) is 24.7. The van der Waals surface area contributed by atoms with Crippen molar-refractivity contribution in [3.63, 3.8) is 0 Å². The molecular formula is C25H28ClFN2O4. The summed E-state index contributed by atoms with van der Waals surface area (Å²) in [6, 6.07) is 11.6. The van der Waals surface area contributed by atoms with Gasteiger partial charge in [-0.2, -0.15) is 0 Å². The van der Waals surface area contributed by atoms with E-state index in [9.17, 15) is 14.0 Å². The molecule has 1 N–H and O–H groups in total. The number of benzene rings is 2. The lowest BCUT2D eigenvalue weighted by molar-refractivity contribution is -0.139. The van der Waals surface area contributed by atoms with Crippen LogP contribution in [0.4, 0.5) is 4.39 Å². The molecule has 1 aliphatic rings. The van der Waals surface area contributed by atoms with Gasteiger partial charge in [-0.25, -0.2) is 4.39 Å². The molecule has 1 fully saturated rings. The van der Waals surface area contributed by atoms with Crippen LogP contribution in [0.5, 0.6) is 5.75 Å². The summed E-state index contributed by atoms with van der Waals surface area (Å²) in [4.78, 5) is 27.8. The van der Waals surface area contributed by atoms with Crippen molar-refractivity contribution in [3.05, 3.63) is 70.5 Å². The highest BCUT2D eigenvalue weighted by molar-refractivity contribution is 6.30. The monoisotopic (exact) mass is 474 g/mol. The number of hydrogen-bond donors (Lipinski definition) is 1. The van der Waals surface area contributed by atoms with Crippen LogP contribution in [0.2, 0.25) is 5.02 Å². The van der Waals surface area contributed by atoms with E-state index < -0.39 is 5.97 Å². The minimum atomic E-state index is -0.937. The number of rotatable bonds is 8. The molecule has 176 valence electrons. The Hall–Kier alpha value is -2.90. The predicted molar refractivity (Wildman–Crippen MR) is 126 cm³/mol. The molecule has 1 amide bonds. The number of amides is 1. The molecular weight excluding hydrogens is 447 g/mol. The maximum absolute atomic E-state index is 13.2. The van der Waals surface area contributed by atoms with E-state index in [1.165, 1.54) is 18.2 Å². The van der Waals surface area contributed by atoms with Crippen molar-refractivity contribution in [2.75, 3.05) is 19.7 Å². The van der Waals surface area contributed by atoms with Crippen molar-refractivity contribution >= 4 is 29.6 Å². The number of hydrogen-bond acceptors (Lipinski definition) is 4. The van der Waals surface area contributed by atoms with Gasteiger partial charge in [0.15, 0.2) is 6.61 Å². The third kappa shape index (κ3) is 7.04. The highest BCUT2D eigenvalue weighted by Gasteiger charge is 2.32. The van der Waals surface area contributed by atoms with Crippen LogP contribution in [-0.4, -0.2) is 58.6 Å². The Balaban J connectivity index is 1.59. The summed E-state index contributed by atoms with van der Waals surface area (Å²) in [6.07, 6.45) is 3.01. The van der Waals surface area contributed by atoms with E-state index in [0.717, 1.165) is 5.56 Å². The SMILES string of the molecule is C[C@@H]1CN(Cc2ccc(F)cc2)[C@@H](C)CN1C(=O)COc1ccc(Cl)cc1C=CCC(=O)O. The summed E-state index contributed by atoms with van der Waals surface area (Å²) in [5.74, 6) is -0.847. The van der Waals surface area contributed by atoms with E-state index in [2.05, 4.69) is 11.8 Å². The summed E-state index contributed by atoms with van der Waals surface area (Å²) >= 11 is 6.05. The maximum Gasteiger partial charge on any atom is 0.307 e. The fourth-order valence-corrected chi connectivity index (χ4v) is 4.06. The highest BCUT2D eigenvalue weighted by atomic mass is 35.5. The normalized spacial score (nSPS) is 19.1. The summed E-state index contributed by atoms with van der Waals surface area (Å²) in [5, 5.41) is 9.31. The second-order valence-corrected chi connectivity index (χ2v) is 8.71. The fraction of sp³-hybridized carbons (Fsp3) is 0.360. The molecule has 0 spiro atoms. The van der Waals surface area contributed by atoms with Crippen LogP contribution in [0.15, 0.2) is 48.5 Å². The Kier molecular flexibility index (Phi) is 8.47. The van der Waals surface area contributed by atoms with Gasteiger partial charge in [0, 0.05) is 42.3 Å². The molecule has 0 aromatic heterocycles. The third-order valence-corrected chi connectivity index (χ3v) is 5.88. The Labute approximate surface area is 198 Å². The van der Waals surface area contributed by atoms with Crippen LogP contribution in [0.3, 0.4) is 0 Å². The molecule has 0 bridgehead atoms. The quantitative estimate of drug-likeness (QED) is 0.611. The Bertz CT molecular complexity index is 1010. The molecule has 6 nitrogen and oxygen atoms in total. The van der Waals surface area contributed by atoms with Crippen LogP contribution in [0.1, 0.15) is 31.4 Å². The van der Waals surface area contributed by atoms with Crippen molar-refractivity contribution in [2.45, 2.75) is 38.9 Å². The maximum atomic E-state index is 13.2.